The molecule has 2 amide bonds. The van der Waals surface area contributed by atoms with Crippen molar-refractivity contribution >= 4 is 11.7 Å². The summed E-state index contributed by atoms with van der Waals surface area (Å²) in [6.45, 7) is 0.807. The first-order chi connectivity index (χ1) is 12.3. The number of benzene rings is 2. The number of ether oxygens (including phenoxy) is 2. The molecule has 0 bridgehead atoms. The van der Waals surface area contributed by atoms with Crippen molar-refractivity contribution in [2.75, 3.05) is 19.0 Å². The summed E-state index contributed by atoms with van der Waals surface area (Å²) in [6, 6.07) is 11.3. The molecule has 8 heteroatoms. The van der Waals surface area contributed by atoms with Crippen molar-refractivity contribution in [2.45, 2.75) is 19.6 Å². The third-order valence-electron chi connectivity index (χ3n) is 3.51. The van der Waals surface area contributed by atoms with E-state index < -0.39 is 18.8 Å². The van der Waals surface area contributed by atoms with Crippen LogP contribution in [0.5, 0.6) is 11.5 Å². The molecule has 26 heavy (non-hydrogen) atoms. The number of halogens is 3. The van der Waals surface area contributed by atoms with Gasteiger partial charge in [0.2, 0.25) is 0 Å². The molecule has 0 aliphatic rings. The number of aryl methyl sites for hydroxylation is 1. The Labute approximate surface area is 149 Å². The van der Waals surface area contributed by atoms with Crippen molar-refractivity contribution in [1.29, 1.82) is 0 Å². The van der Waals surface area contributed by atoms with E-state index in [0.29, 0.717) is 6.54 Å². The van der Waals surface area contributed by atoms with Gasteiger partial charge in [-0.3, -0.25) is 0 Å². The molecule has 0 atom stereocenters. The normalized spacial score (nSPS) is 11.0. The van der Waals surface area contributed by atoms with Crippen LogP contribution in [0.15, 0.2) is 42.5 Å². The molecule has 2 aromatic rings. The molecular formula is C18H19F3N2O3. The summed E-state index contributed by atoms with van der Waals surface area (Å²) in [6.07, 6.45) is -4.47. The summed E-state index contributed by atoms with van der Waals surface area (Å²) in [7, 11) is 1.32. The molecule has 0 unspecified atom stereocenters. The molecule has 0 aliphatic heterocycles. The second-order valence-electron chi connectivity index (χ2n) is 5.50. The number of nitrogens with one attached hydrogen (secondary N) is 2. The summed E-state index contributed by atoms with van der Waals surface area (Å²) < 4.78 is 46.7. The lowest BCUT2D eigenvalue weighted by Crippen LogP contribution is -2.28. The minimum atomic E-state index is -4.47. The SMILES string of the molecule is COc1ccc(NC(=O)NCc2ccccc2C)cc1OCC(F)(F)F. The van der Waals surface area contributed by atoms with Gasteiger partial charge in [0.15, 0.2) is 18.1 Å². The van der Waals surface area contributed by atoms with Crippen molar-refractivity contribution in [2.24, 2.45) is 0 Å². The quantitative estimate of drug-likeness (QED) is 0.801. The Bertz CT molecular complexity index is 764. The zero-order valence-corrected chi connectivity index (χ0v) is 14.3. The molecule has 2 rings (SSSR count). The fourth-order valence-corrected chi connectivity index (χ4v) is 2.19. The van der Waals surface area contributed by atoms with E-state index in [-0.39, 0.29) is 17.2 Å². The van der Waals surface area contributed by atoms with Gasteiger partial charge in [-0.15, -0.1) is 0 Å². The first-order valence-electron chi connectivity index (χ1n) is 7.75. The van der Waals surface area contributed by atoms with Crippen LogP contribution in [-0.4, -0.2) is 25.9 Å². The number of methoxy groups -OCH3 is 1. The van der Waals surface area contributed by atoms with Gasteiger partial charge in [-0.2, -0.15) is 13.2 Å². The van der Waals surface area contributed by atoms with Gasteiger partial charge in [-0.25, -0.2) is 4.79 Å². The van der Waals surface area contributed by atoms with Gasteiger partial charge >= 0.3 is 12.2 Å². The molecule has 0 aromatic heterocycles. The summed E-state index contributed by atoms with van der Waals surface area (Å²) in [5.74, 6) is 0.0293. The van der Waals surface area contributed by atoms with Crippen LogP contribution in [0.2, 0.25) is 0 Å². The highest BCUT2D eigenvalue weighted by molar-refractivity contribution is 5.89. The minimum Gasteiger partial charge on any atom is -0.493 e. The monoisotopic (exact) mass is 368 g/mol. The van der Waals surface area contributed by atoms with Crippen LogP contribution in [0, 0.1) is 6.92 Å². The third-order valence-corrected chi connectivity index (χ3v) is 3.51. The number of amides is 2. The number of anilines is 1. The number of hydrogen-bond acceptors (Lipinski definition) is 3. The van der Waals surface area contributed by atoms with Crippen molar-refractivity contribution in [3.05, 3.63) is 53.6 Å². The Morgan fingerprint density at radius 2 is 1.85 bits per heavy atom. The third kappa shape index (κ3) is 5.87. The standard InChI is InChI=1S/C18H19F3N2O3/c1-12-5-3-4-6-13(12)10-22-17(24)23-14-7-8-15(25-2)16(9-14)26-11-18(19,20)21/h3-9H,10-11H2,1-2H3,(H2,22,23,24). The van der Waals surface area contributed by atoms with Gasteiger partial charge in [-0.1, -0.05) is 24.3 Å². The molecule has 0 saturated heterocycles. The molecule has 0 fully saturated rings. The lowest BCUT2D eigenvalue weighted by Gasteiger charge is -2.14. The molecule has 140 valence electrons. The van der Waals surface area contributed by atoms with Gasteiger partial charge in [-0.05, 0) is 30.2 Å². The van der Waals surface area contributed by atoms with Crippen molar-refractivity contribution in [3.8, 4) is 11.5 Å². The Kier molecular flexibility index (Phi) is 6.32. The van der Waals surface area contributed by atoms with E-state index >= 15 is 0 Å². The number of urea groups is 1. The molecule has 0 spiro atoms. The predicted octanol–water partition coefficient (Wildman–Crippen LogP) is 4.27. The van der Waals surface area contributed by atoms with Crippen LogP contribution >= 0.6 is 0 Å². The molecule has 5 nitrogen and oxygen atoms in total. The van der Waals surface area contributed by atoms with Crippen LogP contribution in [0.1, 0.15) is 11.1 Å². The smallest absolute Gasteiger partial charge is 0.422 e. The zero-order chi connectivity index (χ0) is 19.2. The van der Waals surface area contributed by atoms with Gasteiger partial charge < -0.3 is 20.1 Å². The Balaban J connectivity index is 1.99. The highest BCUT2D eigenvalue weighted by Gasteiger charge is 2.29. The van der Waals surface area contributed by atoms with Crippen molar-refractivity contribution < 1.29 is 27.4 Å². The Hall–Kier alpha value is -2.90. The van der Waals surface area contributed by atoms with Crippen LogP contribution in [0.3, 0.4) is 0 Å². The van der Waals surface area contributed by atoms with Crippen molar-refractivity contribution in [1.82, 2.24) is 5.32 Å². The van der Waals surface area contributed by atoms with E-state index in [9.17, 15) is 18.0 Å². The number of carbonyl (C=O) groups is 1. The van der Waals surface area contributed by atoms with E-state index in [1.54, 1.807) is 0 Å². The van der Waals surface area contributed by atoms with E-state index in [4.69, 9.17) is 9.47 Å². The lowest BCUT2D eigenvalue weighted by molar-refractivity contribution is -0.153. The summed E-state index contributed by atoms with van der Waals surface area (Å²) in [4.78, 5) is 12.0. The highest BCUT2D eigenvalue weighted by atomic mass is 19.4. The van der Waals surface area contributed by atoms with Gasteiger partial charge in [0.05, 0.1) is 7.11 Å². The first kappa shape index (κ1) is 19.4. The average Bonchev–Trinajstić information content (AvgIpc) is 2.59. The minimum absolute atomic E-state index is 0.110. The predicted molar refractivity (Wildman–Crippen MR) is 91.6 cm³/mol. The maximum atomic E-state index is 12.3. The maximum absolute atomic E-state index is 12.3. The average molecular weight is 368 g/mol. The van der Waals surface area contributed by atoms with Crippen LogP contribution in [-0.2, 0) is 6.54 Å². The Morgan fingerprint density at radius 3 is 2.50 bits per heavy atom. The molecule has 0 aliphatic carbocycles. The fourth-order valence-electron chi connectivity index (χ4n) is 2.19. The maximum Gasteiger partial charge on any atom is 0.422 e. The van der Waals surface area contributed by atoms with Gasteiger partial charge in [0.25, 0.3) is 0 Å². The van der Waals surface area contributed by atoms with Crippen LogP contribution in [0.25, 0.3) is 0 Å². The zero-order valence-electron chi connectivity index (χ0n) is 14.3. The largest absolute Gasteiger partial charge is 0.493 e. The Morgan fingerprint density at radius 1 is 1.12 bits per heavy atom. The lowest BCUT2D eigenvalue weighted by atomic mass is 10.1. The number of hydrogen-bond donors (Lipinski definition) is 2. The second-order valence-corrected chi connectivity index (χ2v) is 5.50. The first-order valence-corrected chi connectivity index (χ1v) is 7.75. The molecule has 0 saturated carbocycles. The highest BCUT2D eigenvalue weighted by Crippen LogP contribution is 2.31. The number of rotatable bonds is 6. The summed E-state index contributed by atoms with van der Waals surface area (Å²) in [5.41, 5.74) is 2.29. The topological polar surface area (TPSA) is 59.6 Å². The van der Waals surface area contributed by atoms with E-state index in [0.717, 1.165) is 11.1 Å². The van der Waals surface area contributed by atoms with Crippen LogP contribution < -0.4 is 20.1 Å². The second kappa shape index (κ2) is 8.46. The molecule has 2 N–H and O–H groups in total. The molecule has 0 heterocycles. The van der Waals surface area contributed by atoms with E-state index in [2.05, 4.69) is 10.6 Å². The van der Waals surface area contributed by atoms with Gasteiger partial charge in [0, 0.05) is 18.3 Å². The van der Waals surface area contributed by atoms with Crippen molar-refractivity contribution in [3.63, 3.8) is 0 Å². The van der Waals surface area contributed by atoms with Crippen LogP contribution in [0.4, 0.5) is 23.7 Å². The molecule has 2 aromatic carbocycles. The van der Waals surface area contributed by atoms with Gasteiger partial charge in [0.1, 0.15) is 0 Å². The summed E-state index contributed by atoms with van der Waals surface area (Å²) >= 11 is 0. The summed E-state index contributed by atoms with van der Waals surface area (Å²) in [5, 5.41) is 5.24. The fraction of sp³-hybridized carbons (Fsp3) is 0.278. The number of carbonyl (C=O) groups excluding carboxylic acids is 1. The van der Waals surface area contributed by atoms with E-state index in [1.165, 1.54) is 25.3 Å². The molecule has 0 radical (unpaired) electrons. The number of alkyl halides is 3. The molecular weight excluding hydrogens is 349 g/mol. The van der Waals surface area contributed by atoms with E-state index in [1.807, 2.05) is 31.2 Å².